The number of nitrogens with two attached hydrogens (primary N) is 1. The van der Waals surface area contributed by atoms with Crippen molar-refractivity contribution in [3.63, 3.8) is 0 Å². The molecule has 1 atom stereocenters. The number of halogens is 4. The first kappa shape index (κ1) is 48.3. The molecule has 13 nitrogen and oxygen atoms in total. The van der Waals surface area contributed by atoms with Gasteiger partial charge in [-0.15, -0.1) is 0 Å². The Morgan fingerprint density at radius 2 is 1.58 bits per heavy atom. The number of rotatable bonds is 9. The summed E-state index contributed by atoms with van der Waals surface area (Å²) in [5.74, 6) is 2.19. The zero-order valence-electron chi connectivity index (χ0n) is 39.5. The highest BCUT2D eigenvalue weighted by molar-refractivity contribution is 6.32. The number of carbonyl (C=O) groups is 2. The van der Waals surface area contributed by atoms with Crippen molar-refractivity contribution in [2.45, 2.75) is 103 Å². The fourth-order valence-corrected chi connectivity index (χ4v) is 11.8. The molecule has 5 aromatic rings. The molecule has 2 saturated heterocycles. The number of aromatic nitrogens is 4. The van der Waals surface area contributed by atoms with Crippen molar-refractivity contribution in [1.29, 1.82) is 0 Å². The number of H-pyrrole nitrogens is 1. The Morgan fingerprint density at radius 1 is 0.870 bits per heavy atom. The number of benzene rings is 3. The Labute approximate surface area is 404 Å². The van der Waals surface area contributed by atoms with Crippen molar-refractivity contribution in [3.05, 3.63) is 120 Å². The van der Waals surface area contributed by atoms with Crippen LogP contribution in [0.15, 0.2) is 70.4 Å². The summed E-state index contributed by atoms with van der Waals surface area (Å²) < 4.78 is 42.1. The molecule has 4 N–H and O–H groups in total. The molecule has 2 aliphatic heterocycles. The van der Waals surface area contributed by atoms with Gasteiger partial charge in [-0.3, -0.25) is 28.8 Å². The molecule has 366 valence electrons. The summed E-state index contributed by atoms with van der Waals surface area (Å²) in [6, 6.07) is 13.5. The van der Waals surface area contributed by atoms with E-state index >= 15 is 0 Å². The summed E-state index contributed by atoms with van der Waals surface area (Å²) in [7, 11) is 0. The molecule has 0 unspecified atom stereocenters. The monoisotopic (exact) mass is 967 g/mol. The minimum Gasteiger partial charge on any atom is -0.399 e. The highest BCUT2D eigenvalue weighted by atomic mass is 35.5. The van der Waals surface area contributed by atoms with Crippen LogP contribution in [0.25, 0.3) is 16.6 Å². The fraction of sp³-hybridized carbons (Fsp3) is 0.500. The maximum atomic E-state index is 13.9. The summed E-state index contributed by atoms with van der Waals surface area (Å²) in [5.41, 5.74) is 8.55. The summed E-state index contributed by atoms with van der Waals surface area (Å²) in [6.07, 6.45) is 6.85. The molecule has 3 aromatic carbocycles. The average molecular weight is 969 g/mol. The van der Waals surface area contributed by atoms with Gasteiger partial charge in [-0.2, -0.15) is 13.2 Å². The van der Waals surface area contributed by atoms with Gasteiger partial charge in [0.25, 0.3) is 11.5 Å². The lowest BCUT2D eigenvalue weighted by Gasteiger charge is -2.47. The van der Waals surface area contributed by atoms with Gasteiger partial charge in [-0.05, 0) is 167 Å². The Kier molecular flexibility index (Phi) is 13.7. The maximum absolute atomic E-state index is 13.9. The van der Waals surface area contributed by atoms with Gasteiger partial charge in [-0.25, -0.2) is 14.8 Å². The minimum absolute atomic E-state index is 0.00527. The third-order valence-corrected chi connectivity index (χ3v) is 15.9. The first-order valence-corrected chi connectivity index (χ1v) is 24.8. The van der Waals surface area contributed by atoms with E-state index in [0.717, 1.165) is 113 Å². The second kappa shape index (κ2) is 19.6. The van der Waals surface area contributed by atoms with E-state index in [9.17, 15) is 32.3 Å². The Balaban J connectivity index is 0.732. The molecule has 9 rings (SSSR count). The van der Waals surface area contributed by atoms with Gasteiger partial charge in [0.2, 0.25) is 5.91 Å². The molecule has 4 heterocycles. The largest absolute Gasteiger partial charge is 0.416 e. The van der Waals surface area contributed by atoms with Gasteiger partial charge < -0.3 is 20.9 Å². The number of aryl methyl sites for hydroxylation is 2. The van der Waals surface area contributed by atoms with Crippen LogP contribution in [0.3, 0.4) is 0 Å². The van der Waals surface area contributed by atoms with Crippen LogP contribution in [-0.2, 0) is 11.0 Å². The number of amides is 2. The van der Waals surface area contributed by atoms with Crippen LogP contribution in [0.2, 0.25) is 5.02 Å². The standard InChI is InChI=1S/C52H61ClF3N9O4/c1-31-24-44-42(47(60-33(3)59-44)58-32(2)38-25-39(52(54,55)56)28-40(57)26-38)29-41(31)35-4-6-36(7-5-35)48(67)64-22-20-62(21-23-64)30-34-10-13-51(14-11-34)15-18-63(19-16-51)49(68)37-8-9-43(53)45(27-37)65-17-12-46(66)61-50(65)69/h8-9,12,17,24-29,32,34-36H,4-7,10-11,13-16,18-23,30,57H2,1-3H3,(H,58,59,60)(H,61,66,69)/t32-,35?,36?/m1/s1. The lowest BCUT2D eigenvalue weighted by Crippen LogP contribution is -2.52. The number of nitrogens with zero attached hydrogens (tertiary/aromatic N) is 6. The molecule has 2 amide bonds. The molecule has 2 aliphatic carbocycles. The minimum atomic E-state index is -4.51. The van der Waals surface area contributed by atoms with E-state index in [-0.39, 0.29) is 34.8 Å². The number of piperidine rings is 1. The number of hydrogen-bond donors (Lipinski definition) is 3. The van der Waals surface area contributed by atoms with E-state index in [2.05, 4.69) is 39.2 Å². The van der Waals surface area contributed by atoms with E-state index in [1.54, 1.807) is 38.1 Å². The molecule has 4 fully saturated rings. The number of nitrogens with one attached hydrogen (secondary N) is 2. The lowest BCUT2D eigenvalue weighted by atomic mass is 9.65. The van der Waals surface area contributed by atoms with Crippen LogP contribution in [0.5, 0.6) is 0 Å². The molecular formula is C52H61ClF3N9O4. The van der Waals surface area contributed by atoms with E-state index in [0.29, 0.717) is 52.5 Å². The molecule has 2 saturated carbocycles. The van der Waals surface area contributed by atoms with Gasteiger partial charge in [0, 0.05) is 80.6 Å². The van der Waals surface area contributed by atoms with Crippen LogP contribution in [0.1, 0.15) is 122 Å². The first-order chi connectivity index (χ1) is 32.9. The zero-order chi connectivity index (χ0) is 48.8. The van der Waals surface area contributed by atoms with Gasteiger partial charge in [-0.1, -0.05) is 11.6 Å². The molecule has 17 heteroatoms. The average Bonchev–Trinajstić information content (AvgIpc) is 3.32. The van der Waals surface area contributed by atoms with Gasteiger partial charge in [0.15, 0.2) is 0 Å². The van der Waals surface area contributed by atoms with Crippen molar-refractivity contribution in [2.24, 2.45) is 17.3 Å². The summed E-state index contributed by atoms with van der Waals surface area (Å²) in [5, 5.41) is 4.47. The number of piperazine rings is 1. The van der Waals surface area contributed by atoms with Crippen molar-refractivity contribution in [1.82, 2.24) is 34.2 Å². The highest BCUT2D eigenvalue weighted by Crippen LogP contribution is 2.47. The summed E-state index contributed by atoms with van der Waals surface area (Å²) in [6.45, 7) is 11.4. The lowest BCUT2D eigenvalue weighted by molar-refractivity contribution is -0.139. The number of likely N-dealkylation sites (tertiary alicyclic amines) is 1. The molecule has 0 radical (unpaired) electrons. The van der Waals surface area contributed by atoms with Crippen LogP contribution >= 0.6 is 11.6 Å². The third-order valence-electron chi connectivity index (χ3n) is 15.6. The molecule has 1 spiro atoms. The van der Waals surface area contributed by atoms with Crippen LogP contribution in [0.4, 0.5) is 24.7 Å². The van der Waals surface area contributed by atoms with E-state index in [1.807, 2.05) is 4.90 Å². The zero-order valence-corrected chi connectivity index (χ0v) is 40.3. The number of alkyl halides is 3. The van der Waals surface area contributed by atoms with Crippen molar-refractivity contribution < 1.29 is 22.8 Å². The van der Waals surface area contributed by atoms with Gasteiger partial charge in [0.05, 0.1) is 27.8 Å². The molecule has 69 heavy (non-hydrogen) atoms. The van der Waals surface area contributed by atoms with E-state index in [4.69, 9.17) is 27.3 Å². The Morgan fingerprint density at radius 3 is 2.26 bits per heavy atom. The number of aromatic amines is 1. The van der Waals surface area contributed by atoms with Crippen molar-refractivity contribution >= 4 is 45.8 Å². The topological polar surface area (TPSA) is 163 Å². The molecule has 4 aliphatic rings. The van der Waals surface area contributed by atoms with Crippen molar-refractivity contribution in [3.8, 4) is 5.69 Å². The van der Waals surface area contributed by atoms with Crippen molar-refractivity contribution in [2.75, 3.05) is 56.9 Å². The molecule has 2 aromatic heterocycles. The predicted molar refractivity (Wildman–Crippen MR) is 262 cm³/mol. The predicted octanol–water partition coefficient (Wildman–Crippen LogP) is 9.04. The smallest absolute Gasteiger partial charge is 0.399 e. The van der Waals surface area contributed by atoms with Gasteiger partial charge >= 0.3 is 11.9 Å². The second-order valence-electron chi connectivity index (χ2n) is 20.2. The molecular weight excluding hydrogens is 907 g/mol. The first-order valence-electron chi connectivity index (χ1n) is 24.4. The van der Waals surface area contributed by atoms with Crippen LogP contribution < -0.4 is 22.3 Å². The maximum Gasteiger partial charge on any atom is 0.416 e. The summed E-state index contributed by atoms with van der Waals surface area (Å²) in [4.78, 5) is 69.7. The number of hydrogen-bond acceptors (Lipinski definition) is 9. The quantitative estimate of drug-likeness (QED) is 0.122. The number of carbonyl (C=O) groups excluding carboxylic acids is 2. The number of anilines is 2. The normalized spacial score (nSPS) is 20.9. The third kappa shape index (κ3) is 10.6. The molecule has 0 bridgehead atoms. The summed E-state index contributed by atoms with van der Waals surface area (Å²) >= 11 is 6.41. The Bertz CT molecular complexity index is 2850. The van der Waals surface area contributed by atoms with Crippen LogP contribution in [0, 0.1) is 31.1 Å². The number of nitrogen functional groups attached to an aromatic ring is 1. The SMILES string of the molecule is Cc1nc(N[C@H](C)c2cc(N)cc(C(F)(F)F)c2)c2cc(C3CCC(C(=O)N4CCN(CC5CCC6(CC5)CCN(C(=O)c5ccc(Cl)c(-n7ccc(=O)[nH]c7=O)c5)CC6)CC4)CC3)c(C)cc2n1. The highest BCUT2D eigenvalue weighted by Gasteiger charge is 2.40. The second-order valence-corrected chi connectivity index (χ2v) is 20.6. The van der Waals surface area contributed by atoms with Crippen LogP contribution in [-0.4, -0.2) is 91.8 Å². The van der Waals surface area contributed by atoms with Gasteiger partial charge in [0.1, 0.15) is 11.6 Å². The van der Waals surface area contributed by atoms with E-state index < -0.39 is 29.0 Å². The van der Waals surface area contributed by atoms with E-state index in [1.165, 1.54) is 35.2 Å². The Hall–Kier alpha value is -5.74. The fourth-order valence-electron chi connectivity index (χ4n) is 11.5. The number of fused-ring (bicyclic) bond motifs is 1.